The molecule has 186 valence electrons. The first-order valence-electron chi connectivity index (χ1n) is 12.6. The molecule has 0 radical (unpaired) electrons. The summed E-state index contributed by atoms with van der Waals surface area (Å²) < 4.78 is 5.53. The molecular weight excluding hydrogens is 444 g/mol. The Kier molecular flexibility index (Phi) is 8.40. The third kappa shape index (κ3) is 6.84. The SMILES string of the molecule is O=C(CCCCCNC(=O)OCC1c2ccccc2-c2ccccc21)NCC(CC1CC1)C(=O)O. The lowest BCUT2D eigenvalue weighted by Crippen LogP contribution is -2.33. The lowest BCUT2D eigenvalue weighted by Gasteiger charge is -2.14. The van der Waals surface area contributed by atoms with E-state index in [1.807, 2.05) is 24.3 Å². The Balaban J connectivity index is 1.09. The largest absolute Gasteiger partial charge is 0.481 e. The molecule has 2 aliphatic carbocycles. The maximum Gasteiger partial charge on any atom is 0.407 e. The first-order valence-corrected chi connectivity index (χ1v) is 12.6. The number of carboxylic acids is 1. The minimum Gasteiger partial charge on any atom is -0.481 e. The Morgan fingerprint density at radius 3 is 2.20 bits per heavy atom. The molecule has 2 aromatic rings. The zero-order valence-corrected chi connectivity index (χ0v) is 20.0. The summed E-state index contributed by atoms with van der Waals surface area (Å²) in [4.78, 5) is 35.5. The van der Waals surface area contributed by atoms with E-state index in [2.05, 4.69) is 34.9 Å². The van der Waals surface area contributed by atoms with Crippen LogP contribution in [-0.4, -0.2) is 42.8 Å². The molecule has 7 nitrogen and oxygen atoms in total. The second kappa shape index (κ2) is 11.9. The van der Waals surface area contributed by atoms with Crippen molar-refractivity contribution in [2.75, 3.05) is 19.7 Å². The van der Waals surface area contributed by atoms with E-state index < -0.39 is 18.0 Å². The van der Waals surface area contributed by atoms with Gasteiger partial charge in [0, 0.05) is 25.4 Å². The second-order valence-corrected chi connectivity index (χ2v) is 9.58. The number of hydrogen-bond donors (Lipinski definition) is 3. The number of amides is 2. The fourth-order valence-electron chi connectivity index (χ4n) is 4.78. The van der Waals surface area contributed by atoms with E-state index in [9.17, 15) is 19.5 Å². The summed E-state index contributed by atoms with van der Waals surface area (Å²) in [5.41, 5.74) is 4.76. The number of aliphatic carboxylic acids is 1. The van der Waals surface area contributed by atoms with Crippen molar-refractivity contribution in [2.24, 2.45) is 11.8 Å². The predicted molar refractivity (Wildman–Crippen MR) is 133 cm³/mol. The molecule has 35 heavy (non-hydrogen) atoms. The van der Waals surface area contributed by atoms with Gasteiger partial charge in [0.2, 0.25) is 5.91 Å². The van der Waals surface area contributed by atoms with Crippen LogP contribution in [0.15, 0.2) is 48.5 Å². The van der Waals surface area contributed by atoms with Crippen molar-refractivity contribution in [3.05, 3.63) is 59.7 Å². The molecule has 1 saturated carbocycles. The van der Waals surface area contributed by atoms with E-state index in [1.165, 1.54) is 22.3 Å². The van der Waals surface area contributed by atoms with Gasteiger partial charge in [-0.3, -0.25) is 9.59 Å². The third-order valence-electron chi connectivity index (χ3n) is 6.90. The summed E-state index contributed by atoms with van der Waals surface area (Å²) in [6.45, 7) is 0.979. The van der Waals surface area contributed by atoms with E-state index in [-0.39, 0.29) is 25.0 Å². The number of nitrogens with one attached hydrogen (secondary N) is 2. The van der Waals surface area contributed by atoms with Crippen LogP contribution < -0.4 is 10.6 Å². The van der Waals surface area contributed by atoms with Gasteiger partial charge in [-0.15, -0.1) is 0 Å². The molecule has 4 rings (SSSR count). The molecule has 0 bridgehead atoms. The van der Waals surface area contributed by atoms with Gasteiger partial charge in [-0.2, -0.15) is 0 Å². The fourth-order valence-corrected chi connectivity index (χ4v) is 4.78. The smallest absolute Gasteiger partial charge is 0.407 e. The number of ether oxygens (including phenoxy) is 1. The molecule has 0 aromatic heterocycles. The average molecular weight is 479 g/mol. The Bertz CT molecular complexity index is 1000. The minimum atomic E-state index is -0.837. The maximum atomic E-state index is 12.2. The molecule has 7 heteroatoms. The van der Waals surface area contributed by atoms with E-state index >= 15 is 0 Å². The number of carbonyl (C=O) groups is 3. The highest BCUT2D eigenvalue weighted by molar-refractivity contribution is 5.79. The Labute approximate surface area is 206 Å². The van der Waals surface area contributed by atoms with Crippen LogP contribution in [0.4, 0.5) is 4.79 Å². The van der Waals surface area contributed by atoms with Gasteiger partial charge < -0.3 is 20.5 Å². The summed E-state index contributed by atoms with van der Waals surface area (Å²) in [7, 11) is 0. The number of carboxylic acid groups (broad SMARTS) is 1. The molecule has 0 spiro atoms. The number of fused-ring (bicyclic) bond motifs is 3. The monoisotopic (exact) mass is 478 g/mol. The van der Waals surface area contributed by atoms with Crippen LogP contribution in [0.3, 0.4) is 0 Å². The van der Waals surface area contributed by atoms with E-state index in [0.717, 1.165) is 25.7 Å². The molecule has 0 heterocycles. The molecule has 3 N–H and O–H groups in total. The predicted octanol–water partition coefficient (Wildman–Crippen LogP) is 4.70. The number of carbonyl (C=O) groups excluding carboxylic acids is 2. The number of hydrogen-bond acceptors (Lipinski definition) is 4. The van der Waals surface area contributed by atoms with Crippen molar-refractivity contribution >= 4 is 18.0 Å². The van der Waals surface area contributed by atoms with Gasteiger partial charge in [0.15, 0.2) is 0 Å². The summed E-state index contributed by atoms with van der Waals surface area (Å²) in [6.07, 6.45) is 5.01. The highest BCUT2D eigenvalue weighted by atomic mass is 16.5. The first-order chi connectivity index (χ1) is 17.0. The first kappa shape index (κ1) is 24.8. The van der Waals surface area contributed by atoms with Gasteiger partial charge in [-0.05, 0) is 47.4 Å². The van der Waals surface area contributed by atoms with Crippen LogP contribution in [0.1, 0.15) is 62.0 Å². The van der Waals surface area contributed by atoms with Crippen LogP contribution in [0.25, 0.3) is 11.1 Å². The molecule has 2 aliphatic rings. The summed E-state index contributed by atoms with van der Waals surface area (Å²) in [5.74, 6) is -0.894. The summed E-state index contributed by atoms with van der Waals surface area (Å²) in [6, 6.07) is 16.5. The molecule has 0 aliphatic heterocycles. The molecule has 1 atom stereocenters. The van der Waals surface area contributed by atoms with Crippen molar-refractivity contribution in [3.8, 4) is 11.1 Å². The molecular formula is C28H34N2O5. The van der Waals surface area contributed by atoms with Gasteiger partial charge in [-0.1, -0.05) is 67.8 Å². The molecule has 1 fully saturated rings. The van der Waals surface area contributed by atoms with Crippen LogP contribution in [0.5, 0.6) is 0 Å². The lowest BCUT2D eigenvalue weighted by molar-refractivity contribution is -0.142. The molecule has 2 aromatic carbocycles. The summed E-state index contributed by atoms with van der Waals surface area (Å²) >= 11 is 0. The van der Waals surface area contributed by atoms with Gasteiger partial charge in [0.05, 0.1) is 5.92 Å². The zero-order chi connectivity index (χ0) is 24.6. The summed E-state index contributed by atoms with van der Waals surface area (Å²) in [5, 5.41) is 14.8. The standard InChI is InChI=1S/C28H34N2O5/c31-26(30-17-20(27(32)33)16-19-13-14-19)12-2-1-7-15-29-28(34)35-18-25-23-10-5-3-8-21(23)22-9-4-6-11-24(22)25/h3-6,8-11,19-20,25H,1-2,7,12-18H2,(H,29,34)(H,30,31)(H,32,33). The van der Waals surface area contributed by atoms with E-state index in [1.54, 1.807) is 0 Å². The topological polar surface area (TPSA) is 105 Å². The molecule has 1 unspecified atom stereocenters. The van der Waals surface area contributed by atoms with Gasteiger partial charge in [0.1, 0.15) is 6.61 Å². The minimum absolute atomic E-state index is 0.0386. The van der Waals surface area contributed by atoms with Crippen molar-refractivity contribution in [3.63, 3.8) is 0 Å². The van der Waals surface area contributed by atoms with Gasteiger partial charge in [-0.25, -0.2) is 4.79 Å². The van der Waals surface area contributed by atoms with Crippen molar-refractivity contribution in [1.82, 2.24) is 10.6 Å². The second-order valence-electron chi connectivity index (χ2n) is 9.58. The normalized spacial score (nSPS) is 15.1. The lowest BCUT2D eigenvalue weighted by atomic mass is 9.98. The highest BCUT2D eigenvalue weighted by Crippen LogP contribution is 2.44. The van der Waals surface area contributed by atoms with Crippen LogP contribution in [0.2, 0.25) is 0 Å². The van der Waals surface area contributed by atoms with Crippen molar-refractivity contribution < 1.29 is 24.2 Å². The Hall–Kier alpha value is -3.35. The fraction of sp³-hybridized carbons (Fsp3) is 0.464. The van der Waals surface area contributed by atoms with Crippen molar-refractivity contribution in [1.29, 1.82) is 0 Å². The number of benzene rings is 2. The molecule has 2 amide bonds. The number of rotatable bonds is 13. The number of alkyl carbamates (subject to hydrolysis) is 1. The quantitative estimate of drug-likeness (QED) is 0.362. The zero-order valence-electron chi connectivity index (χ0n) is 20.0. The average Bonchev–Trinajstić information content (AvgIpc) is 3.63. The van der Waals surface area contributed by atoms with Gasteiger partial charge >= 0.3 is 12.1 Å². The molecule has 0 saturated heterocycles. The van der Waals surface area contributed by atoms with E-state index in [4.69, 9.17) is 4.74 Å². The Morgan fingerprint density at radius 1 is 0.914 bits per heavy atom. The highest BCUT2D eigenvalue weighted by Gasteiger charge is 2.30. The van der Waals surface area contributed by atoms with Gasteiger partial charge in [0.25, 0.3) is 0 Å². The third-order valence-corrected chi connectivity index (χ3v) is 6.90. The maximum absolute atomic E-state index is 12.2. The Morgan fingerprint density at radius 2 is 1.57 bits per heavy atom. The van der Waals surface area contributed by atoms with Crippen molar-refractivity contribution in [2.45, 2.75) is 50.9 Å². The number of unbranched alkanes of at least 4 members (excludes halogenated alkanes) is 2. The van der Waals surface area contributed by atoms with Crippen LogP contribution in [0, 0.1) is 11.8 Å². The van der Waals surface area contributed by atoms with Crippen LogP contribution in [-0.2, 0) is 14.3 Å². The van der Waals surface area contributed by atoms with E-state index in [0.29, 0.717) is 31.7 Å². The van der Waals surface area contributed by atoms with Crippen LogP contribution >= 0.6 is 0 Å².